The number of thiazole rings is 1. The third-order valence-corrected chi connectivity index (χ3v) is 4.62. The van der Waals surface area contributed by atoms with Gasteiger partial charge in [-0.15, -0.1) is 11.3 Å². The molecule has 0 bridgehead atoms. The fraction of sp³-hybridized carbons (Fsp3) is 0. The van der Waals surface area contributed by atoms with Crippen LogP contribution in [0.1, 0.15) is 11.1 Å². The Hall–Kier alpha value is -3.69. The Labute approximate surface area is 159 Å². The van der Waals surface area contributed by atoms with Crippen LogP contribution in [0.4, 0.5) is 5.69 Å². The van der Waals surface area contributed by atoms with E-state index in [4.69, 9.17) is 14.7 Å². The number of aromatic nitrogens is 1. The molecular formula is C21H14N4OS. The summed E-state index contributed by atoms with van der Waals surface area (Å²) < 4.78 is 7.30. The van der Waals surface area contributed by atoms with E-state index in [0.717, 1.165) is 27.5 Å². The lowest BCUT2D eigenvalue weighted by Gasteiger charge is -2.01. The van der Waals surface area contributed by atoms with Gasteiger partial charge < -0.3 is 4.42 Å². The van der Waals surface area contributed by atoms with E-state index in [2.05, 4.69) is 11.2 Å². The van der Waals surface area contributed by atoms with Crippen LogP contribution in [-0.4, -0.2) is 10.9 Å². The van der Waals surface area contributed by atoms with Crippen molar-refractivity contribution in [2.45, 2.75) is 0 Å². The second-order valence-corrected chi connectivity index (χ2v) is 6.45. The van der Waals surface area contributed by atoms with Gasteiger partial charge >= 0.3 is 0 Å². The van der Waals surface area contributed by atoms with Crippen molar-refractivity contribution in [1.82, 2.24) is 4.68 Å². The molecule has 0 radical (unpaired) electrons. The van der Waals surface area contributed by atoms with Gasteiger partial charge in [0.15, 0.2) is 5.76 Å². The molecular weight excluding hydrogens is 356 g/mol. The molecule has 0 atom stereocenters. The predicted molar refractivity (Wildman–Crippen MR) is 106 cm³/mol. The normalized spacial score (nSPS) is 11.7. The van der Waals surface area contributed by atoms with Crippen molar-refractivity contribution >= 4 is 23.2 Å². The van der Waals surface area contributed by atoms with E-state index in [1.807, 2.05) is 60.0 Å². The molecule has 0 unspecified atom stereocenters. The van der Waals surface area contributed by atoms with Gasteiger partial charge in [-0.2, -0.15) is 10.4 Å². The van der Waals surface area contributed by atoms with Gasteiger partial charge in [-0.3, -0.25) is 0 Å². The molecule has 27 heavy (non-hydrogen) atoms. The first-order valence-electron chi connectivity index (χ1n) is 8.22. The summed E-state index contributed by atoms with van der Waals surface area (Å²) in [5.41, 5.74) is 3.19. The maximum absolute atomic E-state index is 8.92. The first-order valence-corrected chi connectivity index (χ1v) is 9.10. The van der Waals surface area contributed by atoms with Crippen LogP contribution in [0, 0.1) is 11.3 Å². The van der Waals surface area contributed by atoms with Crippen LogP contribution in [0.5, 0.6) is 0 Å². The highest BCUT2D eigenvalue weighted by Gasteiger charge is 2.09. The predicted octanol–water partition coefficient (Wildman–Crippen LogP) is 4.80. The molecule has 0 amide bonds. The van der Waals surface area contributed by atoms with Gasteiger partial charge in [0.2, 0.25) is 4.80 Å². The van der Waals surface area contributed by atoms with E-state index in [1.165, 1.54) is 11.3 Å². The second kappa shape index (κ2) is 7.68. The molecule has 4 rings (SSSR count). The quantitative estimate of drug-likeness (QED) is 0.485. The van der Waals surface area contributed by atoms with Gasteiger partial charge in [0.25, 0.3) is 0 Å². The zero-order valence-corrected chi connectivity index (χ0v) is 15.0. The van der Waals surface area contributed by atoms with E-state index >= 15 is 0 Å². The third-order valence-electron chi connectivity index (χ3n) is 3.80. The molecule has 0 aliphatic carbocycles. The monoisotopic (exact) mass is 370 g/mol. The molecule has 0 fully saturated rings. The number of rotatable bonds is 4. The summed E-state index contributed by atoms with van der Waals surface area (Å²) in [7, 11) is 0. The molecule has 0 spiro atoms. The smallest absolute Gasteiger partial charge is 0.211 e. The Bertz CT molecular complexity index is 1160. The van der Waals surface area contributed by atoms with Gasteiger partial charge in [0.05, 0.1) is 29.8 Å². The first-order chi connectivity index (χ1) is 13.3. The number of hydrogen-bond donors (Lipinski definition) is 0. The van der Waals surface area contributed by atoms with Crippen molar-refractivity contribution in [1.29, 1.82) is 5.26 Å². The highest BCUT2D eigenvalue weighted by atomic mass is 32.1. The van der Waals surface area contributed by atoms with E-state index < -0.39 is 0 Å². The topological polar surface area (TPSA) is 66.6 Å². The standard InChI is InChI=1S/C21H14N4OS/c22-13-16-8-10-17(11-9-16)14-23-25-19(20-7-4-12-26-20)15-27-21(25)24-18-5-2-1-3-6-18/h1-12,14-15H/b23-14-,24-21?. The van der Waals surface area contributed by atoms with Gasteiger partial charge in [-0.05, 0) is 42.0 Å². The van der Waals surface area contributed by atoms with Gasteiger partial charge in [0, 0.05) is 5.38 Å². The van der Waals surface area contributed by atoms with Crippen molar-refractivity contribution in [2.24, 2.45) is 10.1 Å². The molecule has 2 aromatic carbocycles. The summed E-state index contributed by atoms with van der Waals surface area (Å²) in [4.78, 5) is 5.43. The maximum atomic E-state index is 8.92. The number of furan rings is 1. The van der Waals surface area contributed by atoms with Gasteiger partial charge in [-0.25, -0.2) is 9.67 Å². The summed E-state index contributed by atoms with van der Waals surface area (Å²) in [5.74, 6) is 0.720. The van der Waals surface area contributed by atoms with Crippen LogP contribution in [-0.2, 0) is 0 Å². The molecule has 0 saturated heterocycles. The Morgan fingerprint density at radius 3 is 2.52 bits per heavy atom. The lowest BCUT2D eigenvalue weighted by molar-refractivity contribution is 0.575. The Morgan fingerprint density at radius 2 is 1.81 bits per heavy atom. The van der Waals surface area contributed by atoms with Crippen LogP contribution in [0.25, 0.3) is 11.5 Å². The highest BCUT2D eigenvalue weighted by Crippen LogP contribution is 2.21. The van der Waals surface area contributed by atoms with Crippen LogP contribution in [0.3, 0.4) is 0 Å². The minimum absolute atomic E-state index is 0.617. The summed E-state index contributed by atoms with van der Waals surface area (Å²) in [5, 5.41) is 15.5. The van der Waals surface area contributed by atoms with E-state index in [9.17, 15) is 0 Å². The Kier molecular flexibility index (Phi) is 4.77. The lowest BCUT2D eigenvalue weighted by Crippen LogP contribution is -2.11. The van der Waals surface area contributed by atoms with Crippen molar-refractivity contribution in [3.63, 3.8) is 0 Å². The molecule has 2 aromatic heterocycles. The molecule has 2 heterocycles. The molecule has 0 aliphatic heterocycles. The number of nitrogens with zero attached hydrogens (tertiary/aromatic N) is 4. The Balaban J connectivity index is 1.79. The van der Waals surface area contributed by atoms with Gasteiger partial charge in [0.1, 0.15) is 5.69 Å². The van der Waals surface area contributed by atoms with E-state index in [-0.39, 0.29) is 0 Å². The van der Waals surface area contributed by atoms with Crippen molar-refractivity contribution < 1.29 is 4.42 Å². The van der Waals surface area contributed by atoms with Crippen LogP contribution in [0.2, 0.25) is 0 Å². The number of para-hydroxylation sites is 1. The van der Waals surface area contributed by atoms with E-state index in [1.54, 1.807) is 29.3 Å². The molecule has 5 nitrogen and oxygen atoms in total. The summed E-state index contributed by atoms with van der Waals surface area (Å²) in [6.45, 7) is 0. The van der Waals surface area contributed by atoms with Crippen molar-refractivity contribution in [3.8, 4) is 17.5 Å². The van der Waals surface area contributed by atoms with Crippen LogP contribution >= 0.6 is 11.3 Å². The van der Waals surface area contributed by atoms with Crippen LogP contribution < -0.4 is 4.80 Å². The fourth-order valence-corrected chi connectivity index (χ4v) is 3.30. The number of benzene rings is 2. The summed E-state index contributed by atoms with van der Waals surface area (Å²) in [6, 6.07) is 22.8. The average molecular weight is 370 g/mol. The van der Waals surface area contributed by atoms with Crippen LogP contribution in [0.15, 0.2) is 92.9 Å². The molecule has 4 aromatic rings. The summed E-state index contributed by atoms with van der Waals surface area (Å²) >= 11 is 1.49. The molecule has 6 heteroatoms. The summed E-state index contributed by atoms with van der Waals surface area (Å²) in [6.07, 6.45) is 3.38. The zero-order chi connectivity index (χ0) is 18.5. The first kappa shape index (κ1) is 16.8. The highest BCUT2D eigenvalue weighted by molar-refractivity contribution is 7.07. The minimum Gasteiger partial charge on any atom is -0.463 e. The average Bonchev–Trinajstić information content (AvgIpc) is 3.37. The number of hydrogen-bond acceptors (Lipinski definition) is 5. The van der Waals surface area contributed by atoms with Crippen molar-refractivity contribution in [2.75, 3.05) is 0 Å². The zero-order valence-electron chi connectivity index (χ0n) is 14.2. The van der Waals surface area contributed by atoms with Gasteiger partial charge in [-0.1, -0.05) is 30.3 Å². The lowest BCUT2D eigenvalue weighted by atomic mass is 10.2. The maximum Gasteiger partial charge on any atom is 0.211 e. The Morgan fingerprint density at radius 1 is 1.00 bits per heavy atom. The molecule has 0 aliphatic rings. The molecule has 0 N–H and O–H groups in total. The second-order valence-electron chi connectivity index (χ2n) is 5.62. The van der Waals surface area contributed by atoms with E-state index in [0.29, 0.717) is 5.56 Å². The molecule has 130 valence electrons. The van der Waals surface area contributed by atoms with Crippen molar-refractivity contribution in [3.05, 3.63) is 94.3 Å². The SMILES string of the molecule is N#Cc1ccc(/C=N\n2c(-c3ccco3)csc2=Nc2ccccc2)cc1. The molecule has 0 saturated carbocycles. The minimum atomic E-state index is 0.617. The number of nitriles is 1. The fourth-order valence-electron chi connectivity index (χ4n) is 2.46. The largest absolute Gasteiger partial charge is 0.463 e. The third kappa shape index (κ3) is 3.78.